The first-order chi connectivity index (χ1) is 11.1. The van der Waals surface area contributed by atoms with Gasteiger partial charge in [0.05, 0.1) is 11.3 Å². The Labute approximate surface area is 137 Å². The molecular weight excluding hydrogens is 314 g/mol. The summed E-state index contributed by atoms with van der Waals surface area (Å²) in [5.74, 6) is -0.530. The fourth-order valence-corrected chi connectivity index (χ4v) is 2.15. The van der Waals surface area contributed by atoms with Crippen LogP contribution in [0.25, 0.3) is 11.3 Å². The lowest BCUT2D eigenvalue weighted by Gasteiger charge is -2.07. The van der Waals surface area contributed by atoms with Crippen molar-refractivity contribution in [1.29, 1.82) is 0 Å². The van der Waals surface area contributed by atoms with Gasteiger partial charge in [-0.1, -0.05) is 23.7 Å². The second-order valence-electron chi connectivity index (χ2n) is 4.78. The number of anilines is 2. The van der Waals surface area contributed by atoms with Crippen LogP contribution in [0, 0.1) is 0 Å². The number of nitrogens with one attached hydrogen (secondary N) is 1. The number of aromatic carboxylic acids is 1. The summed E-state index contributed by atoms with van der Waals surface area (Å²) in [6, 6.07) is 15.6. The summed E-state index contributed by atoms with van der Waals surface area (Å²) < 4.78 is 0. The van der Waals surface area contributed by atoms with Crippen LogP contribution in [0.5, 0.6) is 0 Å². The molecule has 0 saturated heterocycles. The van der Waals surface area contributed by atoms with E-state index in [9.17, 15) is 4.79 Å². The number of benzene rings is 2. The van der Waals surface area contributed by atoms with Crippen LogP contribution in [-0.2, 0) is 0 Å². The molecule has 2 N–H and O–H groups in total. The molecule has 0 radical (unpaired) electrons. The molecule has 3 aromatic rings. The van der Waals surface area contributed by atoms with Gasteiger partial charge in [-0.15, -0.1) is 0 Å². The fraction of sp³-hybridized carbons (Fsp3) is 0. The molecule has 0 fully saturated rings. The Morgan fingerprint density at radius 1 is 1.00 bits per heavy atom. The number of hydrogen-bond acceptors (Lipinski definition) is 4. The predicted molar refractivity (Wildman–Crippen MR) is 89.2 cm³/mol. The first kappa shape index (κ1) is 15.0. The number of carboxylic acids is 1. The number of rotatable bonds is 4. The fourth-order valence-electron chi connectivity index (χ4n) is 2.03. The van der Waals surface area contributed by atoms with E-state index in [0.29, 0.717) is 16.7 Å². The number of hydrogen-bond donors (Lipinski definition) is 2. The molecule has 0 bridgehead atoms. The summed E-state index contributed by atoms with van der Waals surface area (Å²) in [5.41, 5.74) is 2.64. The first-order valence-electron chi connectivity index (χ1n) is 6.81. The molecule has 2 aromatic carbocycles. The molecule has 5 nitrogen and oxygen atoms in total. The standard InChI is InChI=1S/C17H12ClN3O2/c18-13-5-1-11(2-6-13)15-9-10-19-17(21-15)20-14-7-3-12(4-8-14)16(22)23/h1-10H,(H,22,23)(H,19,20,21). The smallest absolute Gasteiger partial charge is 0.335 e. The second kappa shape index (κ2) is 6.46. The van der Waals surface area contributed by atoms with Crippen LogP contribution in [0.15, 0.2) is 60.8 Å². The molecule has 0 spiro atoms. The van der Waals surface area contributed by atoms with Crippen LogP contribution < -0.4 is 5.32 Å². The van der Waals surface area contributed by atoms with Crippen LogP contribution in [0.4, 0.5) is 11.6 Å². The van der Waals surface area contributed by atoms with Crippen molar-refractivity contribution in [3.05, 3.63) is 71.4 Å². The second-order valence-corrected chi connectivity index (χ2v) is 5.22. The van der Waals surface area contributed by atoms with Gasteiger partial charge in [0.15, 0.2) is 0 Å². The Balaban J connectivity index is 1.82. The molecular formula is C17H12ClN3O2. The average molecular weight is 326 g/mol. The average Bonchev–Trinajstić information content (AvgIpc) is 2.56. The van der Waals surface area contributed by atoms with Gasteiger partial charge in [0.1, 0.15) is 0 Å². The maximum Gasteiger partial charge on any atom is 0.335 e. The van der Waals surface area contributed by atoms with Crippen molar-refractivity contribution in [3.8, 4) is 11.3 Å². The highest BCUT2D eigenvalue weighted by Crippen LogP contribution is 2.21. The van der Waals surface area contributed by atoms with Crippen LogP contribution in [0.1, 0.15) is 10.4 Å². The Morgan fingerprint density at radius 3 is 2.35 bits per heavy atom. The number of halogens is 1. The molecule has 114 valence electrons. The Kier molecular flexibility index (Phi) is 4.21. The van der Waals surface area contributed by atoms with Crippen molar-refractivity contribution >= 4 is 29.2 Å². The summed E-state index contributed by atoms with van der Waals surface area (Å²) in [6.45, 7) is 0. The van der Waals surface area contributed by atoms with Crippen LogP contribution in [-0.4, -0.2) is 21.0 Å². The molecule has 0 aliphatic heterocycles. The lowest BCUT2D eigenvalue weighted by molar-refractivity contribution is 0.0697. The number of aromatic nitrogens is 2. The monoisotopic (exact) mass is 325 g/mol. The topological polar surface area (TPSA) is 75.1 Å². The lowest BCUT2D eigenvalue weighted by atomic mass is 10.1. The maximum atomic E-state index is 10.8. The van der Waals surface area contributed by atoms with Crippen molar-refractivity contribution < 1.29 is 9.90 Å². The summed E-state index contributed by atoms with van der Waals surface area (Å²) in [7, 11) is 0. The summed E-state index contributed by atoms with van der Waals surface area (Å²) in [4.78, 5) is 19.5. The van der Waals surface area contributed by atoms with Crippen LogP contribution >= 0.6 is 11.6 Å². The van der Waals surface area contributed by atoms with Gasteiger partial charge in [0.25, 0.3) is 0 Å². The van der Waals surface area contributed by atoms with Crippen molar-refractivity contribution in [2.45, 2.75) is 0 Å². The minimum atomic E-state index is -0.961. The zero-order valence-electron chi connectivity index (χ0n) is 11.9. The number of nitrogens with zero attached hydrogens (tertiary/aromatic N) is 2. The Bertz CT molecular complexity index is 833. The molecule has 0 aliphatic rings. The van der Waals surface area contributed by atoms with Gasteiger partial charge in [-0.2, -0.15) is 0 Å². The van der Waals surface area contributed by atoms with E-state index in [1.807, 2.05) is 18.2 Å². The molecule has 0 saturated carbocycles. The van der Waals surface area contributed by atoms with Crippen molar-refractivity contribution in [2.24, 2.45) is 0 Å². The van der Waals surface area contributed by atoms with Crippen molar-refractivity contribution in [2.75, 3.05) is 5.32 Å². The van der Waals surface area contributed by atoms with Crippen LogP contribution in [0.3, 0.4) is 0 Å². The summed E-state index contributed by atoms with van der Waals surface area (Å²) in [5, 5.41) is 12.6. The first-order valence-corrected chi connectivity index (χ1v) is 7.19. The zero-order chi connectivity index (χ0) is 16.2. The highest BCUT2D eigenvalue weighted by Gasteiger charge is 2.05. The van der Waals surface area contributed by atoms with E-state index in [2.05, 4.69) is 15.3 Å². The van der Waals surface area contributed by atoms with Crippen molar-refractivity contribution in [3.63, 3.8) is 0 Å². The Hall–Kier alpha value is -2.92. The third-order valence-electron chi connectivity index (χ3n) is 3.18. The van der Waals surface area contributed by atoms with E-state index in [1.165, 1.54) is 12.1 Å². The van der Waals surface area contributed by atoms with Gasteiger partial charge in [-0.05, 0) is 42.5 Å². The normalized spacial score (nSPS) is 10.3. The third-order valence-corrected chi connectivity index (χ3v) is 3.44. The summed E-state index contributed by atoms with van der Waals surface area (Å²) >= 11 is 5.89. The van der Waals surface area contributed by atoms with Crippen LogP contribution in [0.2, 0.25) is 5.02 Å². The van der Waals surface area contributed by atoms with Gasteiger partial charge in [-0.3, -0.25) is 0 Å². The largest absolute Gasteiger partial charge is 0.478 e. The molecule has 3 rings (SSSR count). The minimum Gasteiger partial charge on any atom is -0.478 e. The maximum absolute atomic E-state index is 10.8. The molecule has 1 heterocycles. The predicted octanol–water partition coefficient (Wildman–Crippen LogP) is 4.24. The van der Waals surface area contributed by atoms with E-state index in [1.54, 1.807) is 30.5 Å². The zero-order valence-corrected chi connectivity index (χ0v) is 12.7. The highest BCUT2D eigenvalue weighted by atomic mass is 35.5. The SMILES string of the molecule is O=C(O)c1ccc(Nc2nccc(-c3ccc(Cl)cc3)n2)cc1. The van der Waals surface area contributed by atoms with E-state index < -0.39 is 5.97 Å². The quantitative estimate of drug-likeness (QED) is 0.750. The van der Waals surface area contributed by atoms with Gasteiger partial charge in [0, 0.05) is 22.5 Å². The molecule has 6 heteroatoms. The number of carbonyl (C=O) groups is 1. The molecule has 1 aromatic heterocycles. The van der Waals surface area contributed by atoms with E-state index in [-0.39, 0.29) is 5.56 Å². The molecule has 0 amide bonds. The van der Waals surface area contributed by atoms with Gasteiger partial charge in [-0.25, -0.2) is 14.8 Å². The lowest BCUT2D eigenvalue weighted by Crippen LogP contribution is -1.99. The molecule has 23 heavy (non-hydrogen) atoms. The third kappa shape index (κ3) is 3.64. The Morgan fingerprint density at radius 2 is 1.70 bits per heavy atom. The van der Waals surface area contributed by atoms with Gasteiger partial charge >= 0.3 is 5.97 Å². The molecule has 0 atom stereocenters. The summed E-state index contributed by atoms with van der Waals surface area (Å²) in [6.07, 6.45) is 1.66. The van der Waals surface area contributed by atoms with Gasteiger partial charge < -0.3 is 10.4 Å². The van der Waals surface area contributed by atoms with Crippen molar-refractivity contribution in [1.82, 2.24) is 9.97 Å². The van der Waals surface area contributed by atoms with Gasteiger partial charge in [0.2, 0.25) is 5.95 Å². The van der Waals surface area contributed by atoms with E-state index in [0.717, 1.165) is 11.3 Å². The number of carboxylic acid groups (broad SMARTS) is 1. The van der Waals surface area contributed by atoms with E-state index in [4.69, 9.17) is 16.7 Å². The highest BCUT2D eigenvalue weighted by molar-refractivity contribution is 6.30. The molecule has 0 aliphatic carbocycles. The molecule has 0 unspecified atom stereocenters. The minimum absolute atomic E-state index is 0.228. The van der Waals surface area contributed by atoms with E-state index >= 15 is 0 Å².